The molecular weight excluding hydrogens is 184 g/mol. The molecule has 0 saturated heterocycles. The van der Waals surface area contributed by atoms with E-state index < -0.39 is 7.82 Å². The first kappa shape index (κ1) is 22.5. The van der Waals surface area contributed by atoms with Gasteiger partial charge in [-0.25, -0.2) is 4.57 Å². The van der Waals surface area contributed by atoms with Gasteiger partial charge in [0, 0.05) is 16.5 Å². The molecule has 8 heavy (non-hydrogen) atoms. The summed E-state index contributed by atoms with van der Waals surface area (Å²) in [4.78, 5) is 21.6. The first-order valence-electron chi connectivity index (χ1n) is 0.783. The maximum absolute atomic E-state index is 8.88. The van der Waals surface area contributed by atoms with Crippen LogP contribution in [0.3, 0.4) is 0 Å². The van der Waals surface area contributed by atoms with Gasteiger partial charge in [-0.15, -0.1) is 0 Å². The Bertz CT molecular complexity index is 62.2. The van der Waals surface area contributed by atoms with E-state index >= 15 is 0 Å². The van der Waals surface area contributed by atoms with Gasteiger partial charge in [-0.2, -0.15) is 0 Å². The van der Waals surface area contributed by atoms with Crippen molar-refractivity contribution in [2.24, 2.45) is 0 Å². The van der Waals surface area contributed by atoms with Gasteiger partial charge in [0.15, 0.2) is 0 Å². The van der Waals surface area contributed by atoms with E-state index in [0.29, 0.717) is 0 Å². The first-order chi connectivity index (χ1) is 2.00. The third kappa shape index (κ3) is 87.8. The Kier molecular flexibility index (Phi) is 25.8. The van der Waals surface area contributed by atoms with Crippen LogP contribution >= 0.6 is 7.82 Å². The van der Waals surface area contributed by atoms with E-state index in [2.05, 4.69) is 0 Å². The zero-order valence-electron chi connectivity index (χ0n) is 2.51. The molecule has 3 N–H and O–H groups in total. The van der Waals surface area contributed by atoms with Crippen molar-refractivity contribution in [3.8, 4) is 0 Å². The maximum atomic E-state index is 8.88. The van der Waals surface area contributed by atoms with E-state index in [-0.39, 0.29) is 64.9 Å². The van der Waals surface area contributed by atoms with Crippen LogP contribution in [0.15, 0.2) is 0 Å². The Morgan fingerprint density at radius 1 is 1.12 bits per heavy atom. The Morgan fingerprint density at radius 3 is 1.12 bits per heavy atom. The quantitative estimate of drug-likeness (QED) is 0.297. The minimum atomic E-state index is -4.64. The monoisotopic (exact) mass is 188 g/mol. The summed E-state index contributed by atoms with van der Waals surface area (Å²) >= 11 is 0. The van der Waals surface area contributed by atoms with Gasteiger partial charge >= 0.3 is 56.2 Å². The van der Waals surface area contributed by atoms with Crippen LogP contribution in [-0.4, -0.2) is 63.1 Å². The van der Waals surface area contributed by atoms with Gasteiger partial charge in [-0.05, 0) is 0 Å². The van der Waals surface area contributed by atoms with Crippen molar-refractivity contribution in [3.05, 3.63) is 0 Å². The van der Waals surface area contributed by atoms with Gasteiger partial charge in [0.2, 0.25) is 0 Å². The number of hydrogen-bond acceptors (Lipinski definition) is 1. The molecule has 0 aliphatic carbocycles. The van der Waals surface area contributed by atoms with Gasteiger partial charge in [0.05, 0.1) is 0 Å². The fourth-order valence-corrected chi connectivity index (χ4v) is 0. The van der Waals surface area contributed by atoms with Crippen molar-refractivity contribution in [1.82, 2.24) is 0 Å². The summed E-state index contributed by atoms with van der Waals surface area (Å²) in [7, 11) is -4.64. The summed E-state index contributed by atoms with van der Waals surface area (Å²) in [6.07, 6.45) is 0. The average molecular weight is 189 g/mol. The molecule has 0 aromatic heterocycles. The largest absolute Gasteiger partial charge is 0 e. The molecule has 0 fully saturated rings. The molecule has 0 atom stereocenters. The Balaban J connectivity index is -0.0000000267. The van der Waals surface area contributed by atoms with Crippen LogP contribution in [0.25, 0.3) is 0 Å². The predicted molar refractivity (Wildman–Crippen MR) is 28.6 cm³/mol. The fourth-order valence-electron chi connectivity index (χ4n) is 0. The molecule has 4 nitrogen and oxygen atoms in total. The van der Waals surface area contributed by atoms with E-state index in [1.54, 1.807) is 0 Å². The zero-order chi connectivity index (χ0) is 4.50. The van der Waals surface area contributed by atoms with Gasteiger partial charge in [0.25, 0.3) is 0 Å². The molecule has 0 rings (SSSR count). The Labute approximate surface area is 91.1 Å². The number of rotatable bonds is 0. The van der Waals surface area contributed by atoms with E-state index in [1.165, 1.54) is 0 Å². The van der Waals surface area contributed by atoms with Crippen molar-refractivity contribution < 1.29 is 35.7 Å². The van der Waals surface area contributed by atoms with Crippen molar-refractivity contribution >= 4 is 56.2 Å². The van der Waals surface area contributed by atoms with Gasteiger partial charge in [-0.1, -0.05) is 0 Å². The summed E-state index contributed by atoms with van der Waals surface area (Å²) in [5, 5.41) is 0. The maximum Gasteiger partial charge on any atom is 0 e. The van der Waals surface area contributed by atoms with Crippen molar-refractivity contribution in [2.75, 3.05) is 0 Å². The smallest absolute Gasteiger partial charge is 0 e. The molecule has 0 bridgehead atoms. The average Bonchev–Trinajstić information content (AvgIpc) is 0.722. The molecule has 0 aromatic rings. The second-order valence-electron chi connectivity index (χ2n) is 0.513. The van der Waals surface area contributed by atoms with Crippen LogP contribution in [0.1, 0.15) is 0 Å². The predicted octanol–water partition coefficient (Wildman–Crippen LogP) is -2.23. The zero-order valence-corrected chi connectivity index (χ0v) is 4.40. The second-order valence-corrected chi connectivity index (χ2v) is 1.54. The van der Waals surface area contributed by atoms with Crippen LogP contribution in [0.5, 0.6) is 0 Å². The normalized spacial score (nSPS) is 7.38. The molecule has 0 unspecified atom stereocenters. The van der Waals surface area contributed by atoms with Gasteiger partial charge < -0.3 is 14.7 Å². The van der Waals surface area contributed by atoms with Crippen LogP contribution in [0, 0.1) is 0 Å². The number of phosphoric acid groups is 1. The van der Waals surface area contributed by atoms with Crippen molar-refractivity contribution in [3.63, 3.8) is 0 Å². The van der Waals surface area contributed by atoms with Crippen molar-refractivity contribution in [1.29, 1.82) is 0 Å². The first-order valence-corrected chi connectivity index (χ1v) is 2.35. The van der Waals surface area contributed by atoms with Gasteiger partial charge in [-0.3, -0.25) is 0 Å². The topological polar surface area (TPSA) is 77.8 Å². The summed E-state index contributed by atoms with van der Waals surface area (Å²) in [6, 6.07) is 0. The molecule has 46 valence electrons. The summed E-state index contributed by atoms with van der Waals surface area (Å²) in [6.45, 7) is 0. The molecule has 0 heterocycles. The minimum absolute atomic E-state index is 0. The van der Waals surface area contributed by atoms with Crippen molar-refractivity contribution in [2.45, 2.75) is 0 Å². The molecule has 0 aliphatic rings. The number of hydrogen-bond donors (Lipinski definition) is 3. The Morgan fingerprint density at radius 2 is 1.12 bits per heavy atom. The standard InChI is InChI=1S/Li.Na.Ni.H3O4P.2H/c;;;1-5(2,3)4;;/h;;;(H3,1,2,3,4);;. The van der Waals surface area contributed by atoms with Crippen LogP contribution < -0.4 is 0 Å². The third-order valence-corrected chi connectivity index (χ3v) is 0. The van der Waals surface area contributed by atoms with E-state index in [0.717, 1.165) is 0 Å². The van der Waals surface area contributed by atoms with Gasteiger partial charge in [0.1, 0.15) is 0 Å². The van der Waals surface area contributed by atoms with Crippen LogP contribution in [0.2, 0.25) is 0 Å². The minimum Gasteiger partial charge on any atom is 0 e. The van der Waals surface area contributed by atoms with E-state index in [4.69, 9.17) is 19.2 Å². The van der Waals surface area contributed by atoms with E-state index in [9.17, 15) is 0 Å². The summed E-state index contributed by atoms with van der Waals surface area (Å²) < 4.78 is 8.88. The van der Waals surface area contributed by atoms with E-state index in [1.807, 2.05) is 0 Å². The fraction of sp³-hybridized carbons (Fsp3) is 0. The SMILES string of the molecule is O=P(O)(O)O.[LiH].[NaH].[Ni]. The molecule has 0 saturated carbocycles. The Hall–Kier alpha value is 2.20. The second kappa shape index (κ2) is 9.20. The molecular formula is H5LiNaNiO4P. The molecule has 0 amide bonds. The summed E-state index contributed by atoms with van der Waals surface area (Å²) in [5.74, 6) is 0. The molecule has 0 spiro atoms. The van der Waals surface area contributed by atoms with Crippen LogP contribution in [0.4, 0.5) is 0 Å². The molecule has 0 aromatic carbocycles. The summed E-state index contributed by atoms with van der Waals surface area (Å²) in [5.41, 5.74) is 0. The molecule has 8 heteroatoms. The molecule has 0 aliphatic heterocycles. The van der Waals surface area contributed by atoms with Crippen LogP contribution in [-0.2, 0) is 21.1 Å². The third-order valence-electron chi connectivity index (χ3n) is 0. The molecule has 0 radical (unpaired) electrons.